The zero-order chi connectivity index (χ0) is 36.3. The van der Waals surface area contributed by atoms with Crippen LogP contribution in [-0.4, -0.2) is 15.0 Å². The lowest BCUT2D eigenvalue weighted by Crippen LogP contribution is -1.96. The van der Waals surface area contributed by atoms with Gasteiger partial charge in [0.15, 0.2) is 5.82 Å². The monoisotopic (exact) mass is 701 g/mol. The number of benzene rings is 8. The van der Waals surface area contributed by atoms with E-state index in [4.69, 9.17) is 19.4 Å². The van der Waals surface area contributed by atoms with Crippen molar-refractivity contribution < 1.29 is 4.42 Å². The smallest absolute Gasteiger partial charge is 0.160 e. The summed E-state index contributed by atoms with van der Waals surface area (Å²) in [6.45, 7) is 0. The van der Waals surface area contributed by atoms with Crippen LogP contribution in [0.5, 0.6) is 0 Å². The first-order chi connectivity index (χ1) is 27.3. The van der Waals surface area contributed by atoms with Crippen LogP contribution in [0.1, 0.15) is 0 Å². The fourth-order valence-corrected chi connectivity index (χ4v) is 8.08. The van der Waals surface area contributed by atoms with E-state index in [1.165, 1.54) is 11.1 Å². The maximum atomic E-state index is 6.60. The lowest BCUT2D eigenvalue weighted by atomic mass is 9.89. The van der Waals surface area contributed by atoms with Crippen LogP contribution in [0.15, 0.2) is 192 Å². The third-order valence-corrected chi connectivity index (χ3v) is 10.7. The number of pyridine rings is 1. The largest absolute Gasteiger partial charge is 0.456 e. The predicted octanol–water partition coefficient (Wildman–Crippen LogP) is 13.6. The molecule has 0 spiro atoms. The van der Waals surface area contributed by atoms with Gasteiger partial charge in [0.2, 0.25) is 0 Å². The highest BCUT2D eigenvalue weighted by atomic mass is 16.3. The lowest BCUT2D eigenvalue weighted by molar-refractivity contribution is 0.669. The number of furan rings is 1. The topological polar surface area (TPSA) is 51.8 Å². The predicted molar refractivity (Wildman–Crippen MR) is 227 cm³/mol. The molecule has 4 heteroatoms. The normalized spacial score (nSPS) is 11.6. The van der Waals surface area contributed by atoms with Gasteiger partial charge in [-0.15, -0.1) is 0 Å². The molecule has 0 aliphatic heterocycles. The van der Waals surface area contributed by atoms with Gasteiger partial charge in [-0.3, -0.25) is 0 Å². The van der Waals surface area contributed by atoms with Gasteiger partial charge >= 0.3 is 0 Å². The standard InChI is InChI=1S/C51H31N3O/c1-3-13-32(14-4-1)33-23-27-36(28-24-33)49-39-18-8-11-21-43(39)53-51(54-49)37-29-25-34(26-30-37)46-47-38-17-7-10-20-42(38)52-50(35-15-5-2-6-16-35)41(47)31-45-48(46)40-19-9-12-22-44(40)55-45/h1-31H. The minimum Gasteiger partial charge on any atom is -0.456 e. The maximum absolute atomic E-state index is 6.60. The van der Waals surface area contributed by atoms with Crippen molar-refractivity contribution in [3.05, 3.63) is 188 Å². The van der Waals surface area contributed by atoms with Gasteiger partial charge in [0.05, 0.1) is 22.4 Å². The fourth-order valence-electron chi connectivity index (χ4n) is 8.08. The minimum absolute atomic E-state index is 0.685. The third-order valence-electron chi connectivity index (χ3n) is 10.7. The van der Waals surface area contributed by atoms with E-state index >= 15 is 0 Å². The molecular formula is C51H31N3O. The van der Waals surface area contributed by atoms with Crippen LogP contribution in [0.2, 0.25) is 0 Å². The van der Waals surface area contributed by atoms with Crippen molar-refractivity contribution in [1.29, 1.82) is 0 Å². The lowest BCUT2D eigenvalue weighted by Gasteiger charge is -2.16. The van der Waals surface area contributed by atoms with E-state index in [1.807, 2.05) is 30.3 Å². The highest BCUT2D eigenvalue weighted by molar-refractivity contribution is 6.27. The number of fused-ring (bicyclic) bond motifs is 7. The van der Waals surface area contributed by atoms with Gasteiger partial charge in [0.1, 0.15) is 11.2 Å². The average molecular weight is 702 g/mol. The molecular weight excluding hydrogens is 671 g/mol. The van der Waals surface area contributed by atoms with Crippen molar-refractivity contribution in [3.8, 4) is 56.2 Å². The summed E-state index contributed by atoms with van der Waals surface area (Å²) in [5.74, 6) is 0.685. The summed E-state index contributed by atoms with van der Waals surface area (Å²) in [4.78, 5) is 15.6. The Morgan fingerprint density at radius 3 is 1.56 bits per heavy atom. The SMILES string of the molecule is c1ccc(-c2ccc(-c3nc(-c4ccc(-c5c6c(cc7c(-c8ccccc8)nc8ccccc8c57)oc5ccccc56)cc4)nc4ccccc34)cc2)cc1. The van der Waals surface area contributed by atoms with E-state index in [-0.39, 0.29) is 0 Å². The molecule has 0 radical (unpaired) electrons. The second kappa shape index (κ2) is 12.6. The molecule has 0 atom stereocenters. The Hall–Kier alpha value is -7.43. The molecule has 3 aromatic heterocycles. The van der Waals surface area contributed by atoms with Gasteiger partial charge in [-0.1, -0.05) is 164 Å². The van der Waals surface area contributed by atoms with E-state index in [1.54, 1.807) is 0 Å². The molecule has 0 bridgehead atoms. The molecule has 0 saturated carbocycles. The Bertz CT molecular complexity index is 3220. The Morgan fingerprint density at radius 1 is 0.309 bits per heavy atom. The fraction of sp³-hybridized carbons (Fsp3) is 0. The molecule has 0 aliphatic rings. The van der Waals surface area contributed by atoms with Crippen LogP contribution in [-0.2, 0) is 0 Å². The van der Waals surface area contributed by atoms with Crippen molar-refractivity contribution in [3.63, 3.8) is 0 Å². The Labute approximate surface area is 317 Å². The first-order valence-corrected chi connectivity index (χ1v) is 18.5. The van der Waals surface area contributed by atoms with Gasteiger partial charge < -0.3 is 4.42 Å². The number of para-hydroxylation sites is 3. The second-order valence-corrected chi connectivity index (χ2v) is 13.9. The highest BCUT2D eigenvalue weighted by Gasteiger charge is 2.22. The van der Waals surface area contributed by atoms with Crippen molar-refractivity contribution >= 4 is 54.5 Å². The molecule has 8 aromatic carbocycles. The zero-order valence-electron chi connectivity index (χ0n) is 29.6. The second-order valence-electron chi connectivity index (χ2n) is 13.9. The van der Waals surface area contributed by atoms with Crippen molar-refractivity contribution in [2.24, 2.45) is 0 Å². The molecule has 0 N–H and O–H groups in total. The molecule has 0 aliphatic carbocycles. The van der Waals surface area contributed by atoms with E-state index in [9.17, 15) is 0 Å². The van der Waals surface area contributed by atoms with Crippen LogP contribution >= 0.6 is 0 Å². The highest BCUT2D eigenvalue weighted by Crippen LogP contribution is 2.46. The molecule has 11 aromatic rings. The number of aromatic nitrogens is 3. The van der Waals surface area contributed by atoms with Crippen LogP contribution in [0.4, 0.5) is 0 Å². The number of rotatable bonds is 5. The Morgan fingerprint density at radius 2 is 0.818 bits per heavy atom. The quantitative estimate of drug-likeness (QED) is 0.168. The molecule has 3 heterocycles. The number of nitrogens with zero attached hydrogens (tertiary/aromatic N) is 3. The van der Waals surface area contributed by atoms with Crippen molar-refractivity contribution in [2.75, 3.05) is 0 Å². The summed E-state index contributed by atoms with van der Waals surface area (Å²) >= 11 is 0. The minimum atomic E-state index is 0.685. The number of hydrogen-bond acceptors (Lipinski definition) is 4. The first kappa shape index (κ1) is 31.1. The average Bonchev–Trinajstić information content (AvgIpc) is 3.64. The van der Waals surface area contributed by atoms with Crippen LogP contribution < -0.4 is 0 Å². The van der Waals surface area contributed by atoms with E-state index in [2.05, 4.69) is 158 Å². The van der Waals surface area contributed by atoms with Gasteiger partial charge in [0.25, 0.3) is 0 Å². The molecule has 0 fully saturated rings. The molecule has 11 rings (SSSR count). The maximum Gasteiger partial charge on any atom is 0.160 e. The van der Waals surface area contributed by atoms with Crippen LogP contribution in [0.25, 0.3) is 111 Å². The van der Waals surface area contributed by atoms with E-state index in [0.717, 1.165) is 93.7 Å². The van der Waals surface area contributed by atoms with Crippen molar-refractivity contribution in [2.45, 2.75) is 0 Å². The molecule has 4 nitrogen and oxygen atoms in total. The zero-order valence-corrected chi connectivity index (χ0v) is 29.6. The third kappa shape index (κ3) is 5.19. The summed E-state index contributed by atoms with van der Waals surface area (Å²) in [6, 6.07) is 65.5. The van der Waals surface area contributed by atoms with Crippen LogP contribution in [0, 0.1) is 0 Å². The molecule has 0 saturated heterocycles. The molecule has 0 amide bonds. The van der Waals surface area contributed by atoms with Gasteiger partial charge in [0, 0.05) is 54.6 Å². The number of hydrogen-bond donors (Lipinski definition) is 0. The van der Waals surface area contributed by atoms with Gasteiger partial charge in [-0.2, -0.15) is 0 Å². The summed E-state index contributed by atoms with van der Waals surface area (Å²) in [5, 5.41) is 6.51. The van der Waals surface area contributed by atoms with E-state index in [0.29, 0.717) is 5.82 Å². The van der Waals surface area contributed by atoms with Crippen molar-refractivity contribution in [1.82, 2.24) is 15.0 Å². The summed E-state index contributed by atoms with van der Waals surface area (Å²) in [5.41, 5.74) is 13.0. The summed E-state index contributed by atoms with van der Waals surface area (Å²) in [6.07, 6.45) is 0. The molecule has 256 valence electrons. The Balaban J connectivity index is 1.11. The molecule has 55 heavy (non-hydrogen) atoms. The van der Waals surface area contributed by atoms with Gasteiger partial charge in [-0.25, -0.2) is 15.0 Å². The molecule has 0 unspecified atom stereocenters. The summed E-state index contributed by atoms with van der Waals surface area (Å²) < 4.78 is 6.60. The first-order valence-electron chi connectivity index (χ1n) is 18.5. The summed E-state index contributed by atoms with van der Waals surface area (Å²) in [7, 11) is 0. The Kier molecular flexibility index (Phi) is 7.14. The van der Waals surface area contributed by atoms with Crippen LogP contribution in [0.3, 0.4) is 0 Å². The van der Waals surface area contributed by atoms with E-state index < -0.39 is 0 Å². The van der Waals surface area contributed by atoms with Gasteiger partial charge in [-0.05, 0) is 41.0 Å².